The molecule has 0 heterocycles. The van der Waals surface area contributed by atoms with Crippen LogP contribution in [-0.2, 0) is 11.2 Å². The zero-order valence-corrected chi connectivity index (χ0v) is 16.7. The molecule has 140 valence electrons. The third kappa shape index (κ3) is 5.99. The number of thioether (sulfide) groups is 1. The third-order valence-electron chi connectivity index (χ3n) is 4.09. The summed E-state index contributed by atoms with van der Waals surface area (Å²) in [6.07, 6.45) is 1.75. The minimum atomic E-state index is -0.112. The molecular formula is C21H27NO3S. The highest BCUT2D eigenvalue weighted by atomic mass is 32.2. The molecule has 2 aromatic carbocycles. The summed E-state index contributed by atoms with van der Waals surface area (Å²) in [6, 6.07) is 14.2. The minimum Gasteiger partial charge on any atom is -0.493 e. The lowest BCUT2D eigenvalue weighted by molar-refractivity contribution is -0.120. The van der Waals surface area contributed by atoms with Crippen LogP contribution in [-0.4, -0.2) is 31.9 Å². The number of hydrogen-bond donors (Lipinski definition) is 1. The van der Waals surface area contributed by atoms with Gasteiger partial charge in [-0.05, 0) is 56.5 Å². The van der Waals surface area contributed by atoms with Gasteiger partial charge >= 0.3 is 0 Å². The van der Waals surface area contributed by atoms with E-state index < -0.39 is 0 Å². The SMILES string of the molecule is COc1ccc(CCCNC(=O)C(C)Sc2ccc(C)cc2)cc1OC. The Morgan fingerprint density at radius 3 is 2.42 bits per heavy atom. The van der Waals surface area contributed by atoms with E-state index in [9.17, 15) is 4.79 Å². The molecule has 0 saturated carbocycles. The number of carbonyl (C=O) groups is 1. The fourth-order valence-corrected chi connectivity index (χ4v) is 3.45. The molecule has 0 fully saturated rings. The zero-order valence-electron chi connectivity index (χ0n) is 15.9. The number of rotatable bonds is 9. The van der Waals surface area contributed by atoms with Gasteiger partial charge in [0, 0.05) is 11.4 Å². The number of nitrogens with one attached hydrogen (secondary N) is 1. The fourth-order valence-electron chi connectivity index (χ4n) is 2.56. The topological polar surface area (TPSA) is 47.6 Å². The van der Waals surface area contributed by atoms with E-state index in [1.54, 1.807) is 26.0 Å². The summed E-state index contributed by atoms with van der Waals surface area (Å²) in [6.45, 7) is 4.66. The van der Waals surface area contributed by atoms with E-state index in [-0.39, 0.29) is 11.2 Å². The molecule has 0 aliphatic carbocycles. The predicted molar refractivity (Wildman–Crippen MR) is 107 cm³/mol. The minimum absolute atomic E-state index is 0.0721. The van der Waals surface area contributed by atoms with Gasteiger partial charge < -0.3 is 14.8 Å². The maximum absolute atomic E-state index is 12.2. The van der Waals surface area contributed by atoms with E-state index in [0.717, 1.165) is 29.2 Å². The molecule has 0 bridgehead atoms. The molecule has 1 N–H and O–H groups in total. The molecule has 2 rings (SSSR count). The Hall–Kier alpha value is -2.14. The van der Waals surface area contributed by atoms with Crippen LogP contribution in [0.3, 0.4) is 0 Å². The molecule has 4 nitrogen and oxygen atoms in total. The van der Waals surface area contributed by atoms with Gasteiger partial charge in [-0.3, -0.25) is 4.79 Å². The highest BCUT2D eigenvalue weighted by Crippen LogP contribution is 2.28. The van der Waals surface area contributed by atoms with Crippen molar-refractivity contribution in [3.63, 3.8) is 0 Å². The van der Waals surface area contributed by atoms with Crippen LogP contribution in [0.4, 0.5) is 0 Å². The molecule has 0 radical (unpaired) electrons. The number of benzene rings is 2. The Bertz CT molecular complexity index is 716. The van der Waals surface area contributed by atoms with E-state index in [1.165, 1.54) is 11.1 Å². The number of aryl methyl sites for hydroxylation is 2. The second-order valence-corrected chi connectivity index (χ2v) is 7.57. The second kappa shape index (κ2) is 10.1. The van der Waals surface area contributed by atoms with Gasteiger partial charge in [-0.25, -0.2) is 0 Å². The Kier molecular flexibility index (Phi) is 7.85. The van der Waals surface area contributed by atoms with Crippen molar-refractivity contribution in [2.24, 2.45) is 0 Å². The van der Waals surface area contributed by atoms with Gasteiger partial charge in [0.1, 0.15) is 0 Å². The van der Waals surface area contributed by atoms with Gasteiger partial charge in [0.25, 0.3) is 0 Å². The monoisotopic (exact) mass is 373 g/mol. The van der Waals surface area contributed by atoms with Gasteiger partial charge in [-0.1, -0.05) is 23.8 Å². The van der Waals surface area contributed by atoms with Crippen LogP contribution in [0.1, 0.15) is 24.5 Å². The molecule has 0 aliphatic rings. The Morgan fingerprint density at radius 2 is 1.77 bits per heavy atom. The maximum atomic E-state index is 12.2. The van der Waals surface area contributed by atoms with Crippen molar-refractivity contribution >= 4 is 17.7 Å². The summed E-state index contributed by atoms with van der Waals surface area (Å²) in [5.41, 5.74) is 2.39. The number of amides is 1. The molecule has 0 aliphatic heterocycles. The smallest absolute Gasteiger partial charge is 0.233 e. The van der Waals surface area contributed by atoms with Crippen molar-refractivity contribution in [1.29, 1.82) is 0 Å². The molecule has 1 amide bonds. The summed E-state index contributed by atoms with van der Waals surface area (Å²) in [7, 11) is 3.26. The predicted octanol–water partition coefficient (Wildman–Crippen LogP) is 4.24. The van der Waals surface area contributed by atoms with E-state index in [4.69, 9.17) is 9.47 Å². The zero-order chi connectivity index (χ0) is 18.9. The van der Waals surface area contributed by atoms with E-state index in [2.05, 4.69) is 36.5 Å². The first-order valence-electron chi connectivity index (χ1n) is 8.75. The summed E-state index contributed by atoms with van der Waals surface area (Å²) in [4.78, 5) is 13.4. The van der Waals surface area contributed by atoms with Crippen LogP contribution in [0.15, 0.2) is 47.4 Å². The first kappa shape index (κ1) is 20.2. The lowest BCUT2D eigenvalue weighted by Crippen LogP contribution is -2.31. The number of hydrogen-bond acceptors (Lipinski definition) is 4. The molecule has 1 atom stereocenters. The van der Waals surface area contributed by atoms with Crippen LogP contribution in [0.5, 0.6) is 11.5 Å². The van der Waals surface area contributed by atoms with Crippen molar-refractivity contribution in [2.75, 3.05) is 20.8 Å². The standard InChI is InChI=1S/C21H27NO3S/c1-15-7-10-18(11-8-15)26-16(2)21(23)22-13-5-6-17-9-12-19(24-3)20(14-17)25-4/h7-12,14,16H,5-6,13H2,1-4H3,(H,22,23). The quantitative estimate of drug-likeness (QED) is 0.527. The van der Waals surface area contributed by atoms with Gasteiger partial charge in [-0.15, -0.1) is 11.8 Å². The Morgan fingerprint density at radius 1 is 1.08 bits per heavy atom. The molecular weight excluding hydrogens is 346 g/mol. The lowest BCUT2D eigenvalue weighted by atomic mass is 10.1. The molecule has 0 aromatic heterocycles. The third-order valence-corrected chi connectivity index (χ3v) is 5.20. The van der Waals surface area contributed by atoms with Crippen molar-refractivity contribution in [3.05, 3.63) is 53.6 Å². The van der Waals surface area contributed by atoms with Crippen LogP contribution in [0, 0.1) is 6.92 Å². The largest absolute Gasteiger partial charge is 0.493 e. The number of carbonyl (C=O) groups excluding carboxylic acids is 1. The average Bonchev–Trinajstić information content (AvgIpc) is 2.66. The summed E-state index contributed by atoms with van der Waals surface area (Å²) in [5.74, 6) is 1.53. The Labute approximate surface area is 160 Å². The van der Waals surface area contributed by atoms with Crippen molar-refractivity contribution in [3.8, 4) is 11.5 Å². The molecule has 0 saturated heterocycles. The van der Waals surface area contributed by atoms with Crippen molar-refractivity contribution in [2.45, 2.75) is 36.8 Å². The molecule has 5 heteroatoms. The van der Waals surface area contributed by atoms with Crippen LogP contribution < -0.4 is 14.8 Å². The van der Waals surface area contributed by atoms with Crippen LogP contribution in [0.2, 0.25) is 0 Å². The van der Waals surface area contributed by atoms with Gasteiger partial charge in [-0.2, -0.15) is 0 Å². The van der Waals surface area contributed by atoms with Gasteiger partial charge in [0.15, 0.2) is 11.5 Å². The fraction of sp³-hybridized carbons (Fsp3) is 0.381. The lowest BCUT2D eigenvalue weighted by Gasteiger charge is -2.13. The molecule has 1 unspecified atom stereocenters. The second-order valence-electron chi connectivity index (χ2n) is 6.16. The van der Waals surface area contributed by atoms with Crippen molar-refractivity contribution in [1.82, 2.24) is 5.32 Å². The summed E-state index contributed by atoms with van der Waals surface area (Å²) in [5, 5.41) is 2.91. The van der Waals surface area contributed by atoms with E-state index in [0.29, 0.717) is 6.54 Å². The first-order valence-corrected chi connectivity index (χ1v) is 9.63. The van der Waals surface area contributed by atoms with Gasteiger partial charge in [0.2, 0.25) is 5.91 Å². The Balaban J connectivity index is 1.75. The van der Waals surface area contributed by atoms with E-state index in [1.807, 2.05) is 25.1 Å². The normalized spacial score (nSPS) is 11.7. The highest BCUT2D eigenvalue weighted by Gasteiger charge is 2.13. The van der Waals surface area contributed by atoms with E-state index >= 15 is 0 Å². The maximum Gasteiger partial charge on any atom is 0.233 e. The van der Waals surface area contributed by atoms with Crippen LogP contribution >= 0.6 is 11.8 Å². The summed E-state index contributed by atoms with van der Waals surface area (Å²) < 4.78 is 10.6. The number of methoxy groups -OCH3 is 2. The van der Waals surface area contributed by atoms with Gasteiger partial charge in [0.05, 0.1) is 19.5 Å². The first-order chi connectivity index (χ1) is 12.5. The van der Waals surface area contributed by atoms with Crippen molar-refractivity contribution < 1.29 is 14.3 Å². The number of ether oxygens (including phenoxy) is 2. The summed E-state index contributed by atoms with van der Waals surface area (Å²) >= 11 is 1.58. The average molecular weight is 374 g/mol. The molecule has 2 aromatic rings. The highest BCUT2D eigenvalue weighted by molar-refractivity contribution is 8.00. The molecule has 26 heavy (non-hydrogen) atoms. The molecule has 0 spiro atoms. The van der Waals surface area contributed by atoms with Crippen LogP contribution in [0.25, 0.3) is 0 Å².